The Balaban J connectivity index is 2.75. The summed E-state index contributed by atoms with van der Waals surface area (Å²) in [5.41, 5.74) is 0. The number of hydrogen-bond acceptors (Lipinski definition) is 4. The first-order valence-electron chi connectivity index (χ1n) is 4.45. The lowest BCUT2D eigenvalue weighted by atomic mass is 10.3. The Morgan fingerprint density at radius 3 is 2.62 bits per heavy atom. The van der Waals surface area contributed by atoms with Crippen molar-refractivity contribution in [1.29, 1.82) is 0 Å². The number of rotatable bonds is 5. The van der Waals surface area contributed by atoms with Crippen LogP contribution in [0.2, 0.25) is 0 Å². The SMILES string of the molecule is CC(O)CCNS(=O)(=O)c1cc(Br)sc1Br. The molecule has 0 bridgehead atoms. The molecule has 0 fully saturated rings. The lowest BCUT2D eigenvalue weighted by Crippen LogP contribution is -2.26. The van der Waals surface area contributed by atoms with Gasteiger partial charge in [-0.05, 0) is 51.3 Å². The minimum Gasteiger partial charge on any atom is -0.393 e. The maximum Gasteiger partial charge on any atom is 0.242 e. The van der Waals surface area contributed by atoms with Gasteiger partial charge in [0.25, 0.3) is 0 Å². The maximum atomic E-state index is 11.8. The number of aliphatic hydroxyl groups excluding tert-OH is 1. The highest BCUT2D eigenvalue weighted by Crippen LogP contribution is 2.34. The molecule has 1 atom stereocenters. The van der Waals surface area contributed by atoms with E-state index in [1.807, 2.05) is 0 Å². The summed E-state index contributed by atoms with van der Waals surface area (Å²) in [6, 6.07) is 1.54. The van der Waals surface area contributed by atoms with Gasteiger partial charge in [-0.25, -0.2) is 13.1 Å². The zero-order chi connectivity index (χ0) is 12.3. The molecule has 0 spiro atoms. The number of nitrogens with one attached hydrogen (secondary N) is 1. The average Bonchev–Trinajstić information content (AvgIpc) is 2.44. The fourth-order valence-corrected chi connectivity index (χ4v) is 5.85. The second-order valence-electron chi connectivity index (χ2n) is 3.22. The molecule has 0 aliphatic rings. The number of halogens is 2. The lowest BCUT2D eigenvalue weighted by molar-refractivity contribution is 0.186. The minimum atomic E-state index is -3.49. The van der Waals surface area contributed by atoms with E-state index in [2.05, 4.69) is 36.6 Å². The van der Waals surface area contributed by atoms with Crippen LogP contribution in [0.5, 0.6) is 0 Å². The molecule has 16 heavy (non-hydrogen) atoms. The number of thiophene rings is 1. The van der Waals surface area contributed by atoms with Crippen molar-refractivity contribution in [2.75, 3.05) is 6.54 Å². The Morgan fingerprint density at radius 2 is 2.19 bits per heavy atom. The molecule has 0 aromatic carbocycles. The van der Waals surface area contributed by atoms with Gasteiger partial charge >= 0.3 is 0 Å². The van der Waals surface area contributed by atoms with Crippen molar-refractivity contribution in [3.8, 4) is 0 Å². The number of hydrogen-bond donors (Lipinski definition) is 2. The summed E-state index contributed by atoms with van der Waals surface area (Å²) < 4.78 is 27.4. The fourth-order valence-electron chi connectivity index (χ4n) is 0.988. The van der Waals surface area contributed by atoms with Gasteiger partial charge in [0.15, 0.2) is 0 Å². The van der Waals surface area contributed by atoms with Crippen LogP contribution in [0, 0.1) is 0 Å². The van der Waals surface area contributed by atoms with E-state index in [0.717, 1.165) is 3.79 Å². The van der Waals surface area contributed by atoms with E-state index in [4.69, 9.17) is 5.11 Å². The zero-order valence-electron chi connectivity index (χ0n) is 8.41. The lowest BCUT2D eigenvalue weighted by Gasteiger charge is -2.06. The minimum absolute atomic E-state index is 0.218. The summed E-state index contributed by atoms with van der Waals surface area (Å²) in [7, 11) is -3.49. The maximum absolute atomic E-state index is 11.8. The Morgan fingerprint density at radius 1 is 1.56 bits per heavy atom. The second kappa shape index (κ2) is 5.92. The molecule has 1 unspecified atom stereocenters. The van der Waals surface area contributed by atoms with Crippen molar-refractivity contribution in [1.82, 2.24) is 4.72 Å². The monoisotopic (exact) mass is 391 g/mol. The van der Waals surface area contributed by atoms with Crippen molar-refractivity contribution in [3.63, 3.8) is 0 Å². The standard InChI is InChI=1S/C8H11Br2NO3S2/c1-5(12)2-3-11-16(13,14)6-4-7(9)15-8(6)10/h4-5,11-12H,2-3H2,1H3. The fraction of sp³-hybridized carbons (Fsp3) is 0.500. The van der Waals surface area contributed by atoms with E-state index in [9.17, 15) is 8.42 Å². The third kappa shape index (κ3) is 4.08. The van der Waals surface area contributed by atoms with Crippen LogP contribution in [0.15, 0.2) is 18.5 Å². The molecule has 8 heteroatoms. The molecule has 1 aromatic rings. The topological polar surface area (TPSA) is 66.4 Å². The van der Waals surface area contributed by atoms with Gasteiger partial charge in [0.1, 0.15) is 4.90 Å². The van der Waals surface area contributed by atoms with Crippen molar-refractivity contribution in [2.24, 2.45) is 0 Å². The van der Waals surface area contributed by atoms with Crippen molar-refractivity contribution >= 4 is 53.2 Å². The van der Waals surface area contributed by atoms with E-state index in [0.29, 0.717) is 10.2 Å². The highest BCUT2D eigenvalue weighted by molar-refractivity contribution is 9.12. The van der Waals surface area contributed by atoms with Gasteiger partial charge in [-0.2, -0.15) is 0 Å². The van der Waals surface area contributed by atoms with Crippen LogP contribution in [0.4, 0.5) is 0 Å². The first kappa shape index (κ1) is 14.6. The van der Waals surface area contributed by atoms with Crippen LogP contribution in [-0.2, 0) is 10.0 Å². The number of aliphatic hydroxyl groups is 1. The van der Waals surface area contributed by atoms with Gasteiger partial charge in [0.05, 0.1) is 13.7 Å². The summed E-state index contributed by atoms with van der Waals surface area (Å²) in [6.45, 7) is 1.84. The third-order valence-corrected chi connectivity index (χ3v) is 5.99. The highest BCUT2D eigenvalue weighted by Gasteiger charge is 2.19. The van der Waals surface area contributed by atoms with E-state index in [1.165, 1.54) is 11.3 Å². The first-order chi connectivity index (χ1) is 7.33. The van der Waals surface area contributed by atoms with Gasteiger partial charge in [0, 0.05) is 6.54 Å². The van der Waals surface area contributed by atoms with E-state index in [-0.39, 0.29) is 11.4 Å². The molecule has 1 rings (SSSR count). The summed E-state index contributed by atoms with van der Waals surface area (Å²) in [6.07, 6.45) is -0.123. The predicted octanol–water partition coefficient (Wildman–Crippen LogP) is 2.32. The molecule has 2 N–H and O–H groups in total. The molecule has 1 aromatic heterocycles. The molecule has 92 valence electrons. The van der Waals surface area contributed by atoms with Gasteiger partial charge in [-0.1, -0.05) is 0 Å². The van der Waals surface area contributed by atoms with E-state index >= 15 is 0 Å². The van der Waals surface area contributed by atoms with Crippen molar-refractivity contribution < 1.29 is 13.5 Å². The van der Waals surface area contributed by atoms with Crippen LogP contribution >= 0.6 is 43.2 Å². The molecule has 0 radical (unpaired) electrons. The Labute approximate surface area is 115 Å². The normalized spacial score (nSPS) is 14.0. The molecular formula is C8H11Br2NO3S2. The molecule has 0 saturated carbocycles. The first-order valence-corrected chi connectivity index (χ1v) is 8.34. The summed E-state index contributed by atoms with van der Waals surface area (Å²) in [5.74, 6) is 0. The highest BCUT2D eigenvalue weighted by atomic mass is 79.9. The molecule has 0 saturated heterocycles. The second-order valence-corrected chi connectivity index (χ2v) is 8.71. The van der Waals surface area contributed by atoms with Crippen LogP contribution < -0.4 is 4.72 Å². The van der Waals surface area contributed by atoms with Gasteiger partial charge in [-0.15, -0.1) is 11.3 Å². The van der Waals surface area contributed by atoms with Crippen LogP contribution in [0.3, 0.4) is 0 Å². The molecule has 0 amide bonds. The molecule has 0 aliphatic heterocycles. The average molecular weight is 393 g/mol. The molecule has 1 heterocycles. The molecule has 0 aliphatic carbocycles. The van der Waals surface area contributed by atoms with Gasteiger partial charge in [0.2, 0.25) is 10.0 Å². The van der Waals surface area contributed by atoms with Crippen LogP contribution in [-0.4, -0.2) is 26.2 Å². The van der Waals surface area contributed by atoms with Crippen molar-refractivity contribution in [3.05, 3.63) is 13.6 Å². The van der Waals surface area contributed by atoms with Gasteiger partial charge < -0.3 is 5.11 Å². The Hall–Kier alpha value is 0.530. The van der Waals surface area contributed by atoms with Crippen LogP contribution in [0.1, 0.15) is 13.3 Å². The van der Waals surface area contributed by atoms with Gasteiger partial charge in [-0.3, -0.25) is 0 Å². The molecule has 4 nitrogen and oxygen atoms in total. The van der Waals surface area contributed by atoms with Crippen molar-refractivity contribution in [2.45, 2.75) is 24.3 Å². The summed E-state index contributed by atoms with van der Waals surface area (Å²) >= 11 is 7.72. The Bertz CT molecular complexity index is 456. The quantitative estimate of drug-likeness (QED) is 0.807. The number of sulfonamides is 1. The Kier molecular flexibility index (Phi) is 5.40. The smallest absolute Gasteiger partial charge is 0.242 e. The van der Waals surface area contributed by atoms with Crippen LogP contribution in [0.25, 0.3) is 0 Å². The predicted molar refractivity (Wildman–Crippen MR) is 71.2 cm³/mol. The van der Waals surface area contributed by atoms with E-state index in [1.54, 1.807) is 13.0 Å². The van der Waals surface area contributed by atoms with E-state index < -0.39 is 16.1 Å². The summed E-state index contributed by atoms with van der Waals surface area (Å²) in [5, 5.41) is 9.03. The zero-order valence-corrected chi connectivity index (χ0v) is 13.2. The third-order valence-electron chi connectivity index (χ3n) is 1.77. The molecular weight excluding hydrogens is 382 g/mol. The summed E-state index contributed by atoms with van der Waals surface area (Å²) in [4.78, 5) is 0.218. The largest absolute Gasteiger partial charge is 0.393 e.